The van der Waals surface area contributed by atoms with E-state index >= 15 is 0 Å². The van der Waals surface area contributed by atoms with Gasteiger partial charge in [0.2, 0.25) is 5.91 Å². The van der Waals surface area contributed by atoms with Gasteiger partial charge in [0, 0.05) is 37.3 Å². The second-order valence-corrected chi connectivity index (χ2v) is 6.54. The van der Waals surface area contributed by atoms with Crippen molar-refractivity contribution in [2.75, 3.05) is 13.1 Å². The number of amides is 1. The van der Waals surface area contributed by atoms with E-state index in [-0.39, 0.29) is 23.8 Å². The Hall–Kier alpha value is -1.85. The number of aromatic nitrogens is 2. The molecular weight excluding hydrogens is 312 g/mol. The van der Waals surface area contributed by atoms with Crippen LogP contribution in [0.3, 0.4) is 0 Å². The van der Waals surface area contributed by atoms with Gasteiger partial charge in [-0.1, -0.05) is 23.7 Å². The van der Waals surface area contributed by atoms with E-state index in [1.165, 1.54) is 0 Å². The van der Waals surface area contributed by atoms with Gasteiger partial charge in [-0.15, -0.1) is 0 Å². The smallest absolute Gasteiger partial charge is 0.225 e. The normalized spacial score (nSPS) is 22.0. The van der Waals surface area contributed by atoms with E-state index in [1.54, 1.807) is 4.68 Å². The highest BCUT2D eigenvalue weighted by Crippen LogP contribution is 2.28. The van der Waals surface area contributed by atoms with E-state index < -0.39 is 0 Å². The van der Waals surface area contributed by atoms with Crippen LogP contribution in [-0.2, 0) is 11.8 Å². The van der Waals surface area contributed by atoms with Gasteiger partial charge in [0.25, 0.3) is 0 Å². The molecule has 1 aliphatic rings. The Balaban J connectivity index is 1.68. The van der Waals surface area contributed by atoms with Crippen molar-refractivity contribution in [3.05, 3.63) is 52.8 Å². The summed E-state index contributed by atoms with van der Waals surface area (Å²) < 4.78 is 1.78. The number of aryl methyl sites for hydroxylation is 1. The lowest BCUT2D eigenvalue weighted by Crippen LogP contribution is -2.35. The van der Waals surface area contributed by atoms with E-state index in [0.29, 0.717) is 11.6 Å². The van der Waals surface area contributed by atoms with E-state index in [0.717, 1.165) is 17.7 Å². The number of nitrogens with zero attached hydrogens (tertiary/aromatic N) is 2. The highest BCUT2D eigenvalue weighted by Gasteiger charge is 2.35. The predicted molar refractivity (Wildman–Crippen MR) is 90.3 cm³/mol. The molecule has 0 saturated carbocycles. The van der Waals surface area contributed by atoms with Crippen LogP contribution in [0.4, 0.5) is 0 Å². The maximum Gasteiger partial charge on any atom is 0.225 e. The molecule has 1 fully saturated rings. The Morgan fingerprint density at radius 3 is 2.78 bits per heavy atom. The van der Waals surface area contributed by atoms with Crippen molar-refractivity contribution in [1.82, 2.24) is 20.4 Å². The number of hydrogen-bond acceptors (Lipinski definition) is 3. The lowest BCUT2D eigenvalue weighted by atomic mass is 9.90. The molecule has 1 saturated heterocycles. The molecule has 1 unspecified atom stereocenters. The van der Waals surface area contributed by atoms with Gasteiger partial charge in [0.1, 0.15) is 0 Å². The molecular formula is C17H21ClN4O. The van der Waals surface area contributed by atoms with Gasteiger partial charge in [-0.05, 0) is 30.2 Å². The van der Waals surface area contributed by atoms with Gasteiger partial charge >= 0.3 is 0 Å². The van der Waals surface area contributed by atoms with Crippen molar-refractivity contribution in [1.29, 1.82) is 0 Å². The van der Waals surface area contributed by atoms with Gasteiger partial charge in [-0.3, -0.25) is 9.48 Å². The molecule has 0 aliphatic carbocycles. The quantitative estimate of drug-likeness (QED) is 0.903. The number of rotatable bonds is 4. The molecule has 1 aromatic heterocycles. The Morgan fingerprint density at radius 2 is 2.13 bits per heavy atom. The number of carbonyl (C=O) groups is 1. The predicted octanol–water partition coefficient (Wildman–Crippen LogP) is 2.25. The van der Waals surface area contributed by atoms with Gasteiger partial charge in [0.15, 0.2) is 0 Å². The Kier molecular flexibility index (Phi) is 4.68. The second-order valence-electron chi connectivity index (χ2n) is 6.10. The molecule has 3 rings (SSSR count). The van der Waals surface area contributed by atoms with E-state index in [9.17, 15) is 4.79 Å². The fourth-order valence-electron chi connectivity index (χ4n) is 3.09. The third-order valence-corrected chi connectivity index (χ3v) is 4.68. The zero-order chi connectivity index (χ0) is 16.4. The molecule has 0 spiro atoms. The van der Waals surface area contributed by atoms with Gasteiger partial charge in [0.05, 0.1) is 18.2 Å². The fraction of sp³-hybridized carbons (Fsp3) is 0.412. The summed E-state index contributed by atoms with van der Waals surface area (Å²) in [5.74, 6) is 0.168. The standard InChI is InChI=1S/C17H21ClN4O/c1-11(12-3-5-14(18)6-4-12)21-17(23)16-9-19-8-15(16)13-7-20-22(2)10-13/h3-7,10-11,15-16,19H,8-9H2,1-2H3,(H,21,23)/t11?,15-,16+/m1/s1. The highest BCUT2D eigenvalue weighted by molar-refractivity contribution is 6.30. The summed E-state index contributed by atoms with van der Waals surface area (Å²) in [6.45, 7) is 3.49. The molecule has 0 bridgehead atoms. The Labute approximate surface area is 141 Å². The van der Waals surface area contributed by atoms with Crippen LogP contribution in [0, 0.1) is 5.92 Å². The highest BCUT2D eigenvalue weighted by atomic mass is 35.5. The van der Waals surface area contributed by atoms with E-state index in [2.05, 4.69) is 15.7 Å². The first-order valence-corrected chi connectivity index (χ1v) is 8.17. The lowest BCUT2D eigenvalue weighted by molar-refractivity contribution is -0.125. The average Bonchev–Trinajstić information content (AvgIpc) is 3.16. The number of carbonyl (C=O) groups excluding carboxylic acids is 1. The van der Waals surface area contributed by atoms with Crippen LogP contribution in [0.5, 0.6) is 0 Å². The molecule has 2 heterocycles. The van der Waals surface area contributed by atoms with Crippen LogP contribution in [0.1, 0.15) is 30.0 Å². The summed E-state index contributed by atoms with van der Waals surface area (Å²) in [6, 6.07) is 7.52. The van der Waals surface area contributed by atoms with E-state index in [1.807, 2.05) is 50.6 Å². The van der Waals surface area contributed by atoms with Crippen molar-refractivity contribution in [3.63, 3.8) is 0 Å². The summed E-state index contributed by atoms with van der Waals surface area (Å²) in [5, 5.41) is 11.3. The number of hydrogen-bond donors (Lipinski definition) is 2. The SMILES string of the molecule is CC(NC(=O)[C@H]1CNC[C@@H]1c1cnn(C)c1)c1ccc(Cl)cc1. The molecule has 0 radical (unpaired) electrons. The van der Waals surface area contributed by atoms with Crippen molar-refractivity contribution < 1.29 is 4.79 Å². The first-order chi connectivity index (χ1) is 11.0. The number of nitrogens with one attached hydrogen (secondary N) is 2. The molecule has 1 amide bonds. The monoisotopic (exact) mass is 332 g/mol. The maximum atomic E-state index is 12.7. The maximum absolute atomic E-state index is 12.7. The molecule has 122 valence electrons. The van der Waals surface area contributed by atoms with Crippen LogP contribution < -0.4 is 10.6 Å². The van der Waals surface area contributed by atoms with Crippen molar-refractivity contribution >= 4 is 17.5 Å². The number of benzene rings is 1. The molecule has 1 aliphatic heterocycles. The Morgan fingerprint density at radius 1 is 1.39 bits per heavy atom. The molecule has 1 aromatic carbocycles. The van der Waals surface area contributed by atoms with Crippen LogP contribution >= 0.6 is 11.6 Å². The number of halogens is 1. The summed E-state index contributed by atoms with van der Waals surface area (Å²) in [6.07, 6.45) is 3.83. The van der Waals surface area contributed by atoms with Crippen LogP contribution in [-0.4, -0.2) is 28.8 Å². The average molecular weight is 333 g/mol. The minimum Gasteiger partial charge on any atom is -0.349 e. The van der Waals surface area contributed by atoms with Crippen LogP contribution in [0.2, 0.25) is 5.02 Å². The minimum absolute atomic E-state index is 0.0464. The fourth-order valence-corrected chi connectivity index (χ4v) is 3.22. The topological polar surface area (TPSA) is 59.0 Å². The molecule has 2 N–H and O–H groups in total. The Bertz CT molecular complexity index is 682. The molecule has 6 heteroatoms. The summed E-state index contributed by atoms with van der Waals surface area (Å²) in [5.41, 5.74) is 2.16. The summed E-state index contributed by atoms with van der Waals surface area (Å²) in [7, 11) is 1.89. The summed E-state index contributed by atoms with van der Waals surface area (Å²) in [4.78, 5) is 12.7. The molecule has 2 aromatic rings. The first kappa shape index (κ1) is 16.0. The lowest BCUT2D eigenvalue weighted by Gasteiger charge is -2.21. The van der Waals surface area contributed by atoms with Gasteiger partial charge in [-0.2, -0.15) is 5.10 Å². The van der Waals surface area contributed by atoms with Gasteiger partial charge in [-0.25, -0.2) is 0 Å². The molecule has 3 atom stereocenters. The largest absolute Gasteiger partial charge is 0.349 e. The van der Waals surface area contributed by atoms with Crippen molar-refractivity contribution in [2.24, 2.45) is 13.0 Å². The van der Waals surface area contributed by atoms with Crippen LogP contribution in [0.25, 0.3) is 0 Å². The zero-order valence-corrected chi connectivity index (χ0v) is 14.0. The van der Waals surface area contributed by atoms with Crippen molar-refractivity contribution in [2.45, 2.75) is 18.9 Å². The summed E-state index contributed by atoms with van der Waals surface area (Å²) >= 11 is 5.91. The third kappa shape index (κ3) is 3.57. The third-order valence-electron chi connectivity index (χ3n) is 4.43. The van der Waals surface area contributed by atoms with Crippen molar-refractivity contribution in [3.8, 4) is 0 Å². The zero-order valence-electron chi connectivity index (χ0n) is 13.3. The van der Waals surface area contributed by atoms with Gasteiger partial charge < -0.3 is 10.6 Å². The van der Waals surface area contributed by atoms with Crippen LogP contribution in [0.15, 0.2) is 36.7 Å². The minimum atomic E-state index is -0.0750. The van der Waals surface area contributed by atoms with E-state index in [4.69, 9.17) is 11.6 Å². The molecule has 5 nitrogen and oxygen atoms in total. The molecule has 23 heavy (non-hydrogen) atoms. The second kappa shape index (κ2) is 6.72. The first-order valence-electron chi connectivity index (χ1n) is 7.79.